The first-order valence-corrected chi connectivity index (χ1v) is 5.94. The summed E-state index contributed by atoms with van der Waals surface area (Å²) >= 11 is 0. The molecule has 3 heteroatoms. The highest BCUT2D eigenvalue weighted by Crippen LogP contribution is 2.16. The number of carbonyl (C=O) groups is 1. The molecule has 0 aliphatic carbocycles. The average molecular weight is 230 g/mol. The van der Waals surface area contributed by atoms with Gasteiger partial charge in [0.05, 0.1) is 0 Å². The van der Waals surface area contributed by atoms with Crippen molar-refractivity contribution >= 4 is 16.8 Å². The molecule has 2 N–H and O–H groups in total. The predicted octanol–water partition coefficient (Wildman–Crippen LogP) is 2.86. The van der Waals surface area contributed by atoms with Crippen molar-refractivity contribution < 1.29 is 4.79 Å². The number of H-pyrrole nitrogens is 1. The molecule has 0 bridgehead atoms. The molecule has 0 unspecified atom stereocenters. The lowest BCUT2D eigenvalue weighted by Gasteiger charge is -2.07. The number of rotatable bonds is 3. The van der Waals surface area contributed by atoms with Gasteiger partial charge in [-0.15, -0.1) is 0 Å². The quantitative estimate of drug-likeness (QED) is 0.836. The van der Waals surface area contributed by atoms with Gasteiger partial charge >= 0.3 is 0 Å². The minimum Gasteiger partial charge on any atom is -0.359 e. The Labute approximate surface area is 101 Å². The van der Waals surface area contributed by atoms with Crippen LogP contribution in [-0.4, -0.2) is 17.4 Å². The van der Waals surface area contributed by atoms with E-state index < -0.39 is 0 Å². The van der Waals surface area contributed by atoms with E-state index in [1.165, 1.54) is 0 Å². The highest BCUT2D eigenvalue weighted by Gasteiger charge is 2.07. The van der Waals surface area contributed by atoms with Crippen LogP contribution in [0.25, 0.3) is 10.9 Å². The molecule has 1 amide bonds. The maximum atomic E-state index is 11.9. The van der Waals surface area contributed by atoms with Crippen LogP contribution in [0.5, 0.6) is 0 Å². The summed E-state index contributed by atoms with van der Waals surface area (Å²) in [6, 6.07) is 7.78. The molecule has 0 spiro atoms. The molecule has 0 radical (unpaired) electrons. The third kappa shape index (κ3) is 2.67. The number of benzene rings is 1. The van der Waals surface area contributed by atoms with E-state index in [0.717, 1.165) is 22.2 Å². The summed E-state index contributed by atoms with van der Waals surface area (Å²) in [6.07, 6.45) is 0. The Hall–Kier alpha value is -1.77. The van der Waals surface area contributed by atoms with Crippen LogP contribution in [-0.2, 0) is 0 Å². The van der Waals surface area contributed by atoms with Crippen molar-refractivity contribution in [3.05, 3.63) is 35.5 Å². The molecule has 0 atom stereocenters. The SMILES string of the molecule is Cc1cc2cc(C(=O)NCC(C)C)ccc2[nH]1. The lowest BCUT2D eigenvalue weighted by molar-refractivity contribution is 0.0949. The zero-order chi connectivity index (χ0) is 12.4. The average Bonchev–Trinajstić information content (AvgIpc) is 2.64. The van der Waals surface area contributed by atoms with Gasteiger partial charge in [-0.25, -0.2) is 0 Å². The molecule has 1 aromatic heterocycles. The molecule has 2 aromatic rings. The van der Waals surface area contributed by atoms with Crippen LogP contribution in [0.3, 0.4) is 0 Å². The summed E-state index contributed by atoms with van der Waals surface area (Å²) in [5.41, 5.74) is 2.90. The summed E-state index contributed by atoms with van der Waals surface area (Å²) in [7, 11) is 0. The fourth-order valence-electron chi connectivity index (χ4n) is 1.82. The van der Waals surface area contributed by atoms with Crippen LogP contribution in [0.15, 0.2) is 24.3 Å². The van der Waals surface area contributed by atoms with Gasteiger partial charge in [-0.05, 0) is 37.1 Å². The Morgan fingerprint density at radius 2 is 2.12 bits per heavy atom. The van der Waals surface area contributed by atoms with Crippen LogP contribution in [0.4, 0.5) is 0 Å². The number of hydrogen-bond acceptors (Lipinski definition) is 1. The first-order chi connectivity index (χ1) is 8.06. The maximum Gasteiger partial charge on any atom is 0.251 e. The summed E-state index contributed by atoms with van der Waals surface area (Å²) in [5, 5.41) is 4.00. The van der Waals surface area contributed by atoms with Crippen molar-refractivity contribution in [1.82, 2.24) is 10.3 Å². The van der Waals surface area contributed by atoms with E-state index in [9.17, 15) is 4.79 Å². The molecule has 1 heterocycles. The molecule has 0 saturated heterocycles. The Morgan fingerprint density at radius 1 is 1.35 bits per heavy atom. The number of aromatic amines is 1. The van der Waals surface area contributed by atoms with Crippen molar-refractivity contribution in [2.45, 2.75) is 20.8 Å². The van der Waals surface area contributed by atoms with Crippen LogP contribution in [0.2, 0.25) is 0 Å². The number of aromatic nitrogens is 1. The number of amides is 1. The second-order valence-corrected chi connectivity index (χ2v) is 4.86. The first-order valence-electron chi connectivity index (χ1n) is 5.94. The van der Waals surface area contributed by atoms with Gasteiger partial charge in [0.15, 0.2) is 0 Å². The molecule has 0 aliphatic heterocycles. The number of aryl methyl sites for hydroxylation is 1. The van der Waals surface area contributed by atoms with Crippen LogP contribution >= 0.6 is 0 Å². The van der Waals surface area contributed by atoms with E-state index in [1.54, 1.807) is 0 Å². The van der Waals surface area contributed by atoms with E-state index in [2.05, 4.69) is 30.2 Å². The highest BCUT2D eigenvalue weighted by atomic mass is 16.1. The summed E-state index contributed by atoms with van der Waals surface area (Å²) in [6.45, 7) is 6.89. The Balaban J connectivity index is 2.20. The number of nitrogens with one attached hydrogen (secondary N) is 2. The smallest absolute Gasteiger partial charge is 0.251 e. The van der Waals surface area contributed by atoms with Crippen molar-refractivity contribution in [2.24, 2.45) is 5.92 Å². The van der Waals surface area contributed by atoms with Gasteiger partial charge in [-0.2, -0.15) is 0 Å². The van der Waals surface area contributed by atoms with Crippen LogP contribution in [0, 0.1) is 12.8 Å². The molecule has 3 nitrogen and oxygen atoms in total. The summed E-state index contributed by atoms with van der Waals surface area (Å²) < 4.78 is 0. The zero-order valence-electron chi connectivity index (χ0n) is 10.5. The minimum atomic E-state index is -0.000506. The largest absolute Gasteiger partial charge is 0.359 e. The monoisotopic (exact) mass is 230 g/mol. The fraction of sp³-hybridized carbons (Fsp3) is 0.357. The maximum absolute atomic E-state index is 11.9. The molecular weight excluding hydrogens is 212 g/mol. The van der Waals surface area contributed by atoms with Gasteiger partial charge in [0.2, 0.25) is 0 Å². The molecular formula is C14H18N2O. The van der Waals surface area contributed by atoms with Crippen molar-refractivity contribution in [3.63, 3.8) is 0 Å². The standard InChI is InChI=1S/C14H18N2O/c1-9(2)8-15-14(17)11-4-5-13-12(7-11)6-10(3)16-13/h4-7,9,16H,8H2,1-3H3,(H,15,17). The molecule has 0 fully saturated rings. The molecule has 0 saturated carbocycles. The number of carbonyl (C=O) groups excluding carboxylic acids is 1. The molecule has 1 aromatic carbocycles. The van der Waals surface area contributed by atoms with E-state index in [-0.39, 0.29) is 5.91 Å². The predicted molar refractivity (Wildman–Crippen MR) is 70.2 cm³/mol. The van der Waals surface area contributed by atoms with Gasteiger partial charge in [-0.3, -0.25) is 4.79 Å². The van der Waals surface area contributed by atoms with E-state index in [0.29, 0.717) is 12.5 Å². The third-order valence-electron chi connectivity index (χ3n) is 2.69. The molecule has 90 valence electrons. The second-order valence-electron chi connectivity index (χ2n) is 4.86. The summed E-state index contributed by atoms with van der Waals surface area (Å²) in [5.74, 6) is 0.469. The van der Waals surface area contributed by atoms with Crippen LogP contribution in [0.1, 0.15) is 29.9 Å². The lowest BCUT2D eigenvalue weighted by atomic mass is 10.1. The molecule has 17 heavy (non-hydrogen) atoms. The zero-order valence-corrected chi connectivity index (χ0v) is 10.5. The van der Waals surface area contributed by atoms with Gasteiger partial charge < -0.3 is 10.3 Å². The van der Waals surface area contributed by atoms with Crippen molar-refractivity contribution in [1.29, 1.82) is 0 Å². The van der Waals surface area contributed by atoms with Crippen molar-refractivity contribution in [3.8, 4) is 0 Å². The Bertz CT molecular complexity index is 540. The molecule has 2 rings (SSSR count). The number of fused-ring (bicyclic) bond motifs is 1. The van der Waals surface area contributed by atoms with Crippen LogP contribution < -0.4 is 5.32 Å². The van der Waals surface area contributed by atoms with Gasteiger partial charge in [0.25, 0.3) is 5.91 Å². The minimum absolute atomic E-state index is 0.000506. The normalized spacial score (nSPS) is 11.1. The van der Waals surface area contributed by atoms with Gasteiger partial charge in [0.1, 0.15) is 0 Å². The van der Waals surface area contributed by atoms with E-state index in [4.69, 9.17) is 0 Å². The third-order valence-corrected chi connectivity index (χ3v) is 2.69. The Morgan fingerprint density at radius 3 is 2.82 bits per heavy atom. The van der Waals surface area contributed by atoms with E-state index in [1.807, 2.05) is 25.1 Å². The highest BCUT2D eigenvalue weighted by molar-refractivity contribution is 5.98. The molecule has 0 aliphatic rings. The summed E-state index contributed by atoms with van der Waals surface area (Å²) in [4.78, 5) is 15.1. The Kier molecular flexibility index (Phi) is 3.18. The fourth-order valence-corrected chi connectivity index (χ4v) is 1.82. The lowest BCUT2D eigenvalue weighted by Crippen LogP contribution is -2.27. The topological polar surface area (TPSA) is 44.9 Å². The van der Waals surface area contributed by atoms with Crippen molar-refractivity contribution in [2.75, 3.05) is 6.54 Å². The van der Waals surface area contributed by atoms with E-state index >= 15 is 0 Å². The van der Waals surface area contributed by atoms with Gasteiger partial charge in [-0.1, -0.05) is 13.8 Å². The first kappa shape index (κ1) is 11.7. The van der Waals surface area contributed by atoms with Gasteiger partial charge in [0, 0.05) is 28.7 Å². The second kappa shape index (κ2) is 4.62. The number of hydrogen-bond donors (Lipinski definition) is 2.